The Kier molecular flexibility index (Phi) is 9.34. The molecule has 1 amide bonds. The van der Waals surface area contributed by atoms with Crippen LogP contribution >= 0.6 is 24.0 Å². The molecular weight excluding hydrogens is 490 g/mol. The Hall–Kier alpha value is -1.69. The number of pyridine rings is 1. The number of carbonyl (C=O) groups excluding carboxylic acids is 1. The number of hydrogen-bond donors (Lipinski definition) is 2. The van der Waals surface area contributed by atoms with Gasteiger partial charge in [0.2, 0.25) is 5.91 Å². The fourth-order valence-electron chi connectivity index (χ4n) is 3.33. The van der Waals surface area contributed by atoms with Crippen molar-refractivity contribution in [2.75, 3.05) is 51.8 Å². The molecule has 162 valence electrons. The highest BCUT2D eigenvalue weighted by molar-refractivity contribution is 14.0. The highest BCUT2D eigenvalue weighted by Crippen LogP contribution is 2.20. The van der Waals surface area contributed by atoms with E-state index in [1.165, 1.54) is 11.0 Å². The molecule has 0 aromatic carbocycles. The van der Waals surface area contributed by atoms with E-state index >= 15 is 0 Å². The summed E-state index contributed by atoms with van der Waals surface area (Å²) in [7, 11) is 3.42. The first-order valence-electron chi connectivity index (χ1n) is 9.75. The molecule has 2 atom stereocenters. The van der Waals surface area contributed by atoms with Crippen LogP contribution in [-0.2, 0) is 9.53 Å². The highest BCUT2D eigenvalue weighted by atomic mass is 127. The van der Waals surface area contributed by atoms with Gasteiger partial charge in [-0.05, 0) is 31.4 Å². The minimum absolute atomic E-state index is 0. The first-order valence-corrected chi connectivity index (χ1v) is 9.75. The fraction of sp³-hybridized carbons (Fsp3) is 0.632. The zero-order chi connectivity index (χ0) is 19.9. The number of nitrogens with zero attached hydrogens (tertiary/aromatic N) is 4. The maximum Gasteiger partial charge on any atom is 0.243 e. The minimum atomic E-state index is -0.315. The van der Waals surface area contributed by atoms with Gasteiger partial charge in [-0.25, -0.2) is 14.4 Å². The van der Waals surface area contributed by atoms with Crippen molar-refractivity contribution in [1.29, 1.82) is 0 Å². The molecule has 3 heterocycles. The SMILES string of the molecule is CN(C)C(=O)CN=C(NCC1CCCO1)NC1CCN(c2ncccc2F)C1.I. The summed E-state index contributed by atoms with van der Waals surface area (Å²) < 4.78 is 19.6. The van der Waals surface area contributed by atoms with Crippen LogP contribution in [-0.4, -0.2) is 80.8 Å². The summed E-state index contributed by atoms with van der Waals surface area (Å²) >= 11 is 0. The molecule has 3 rings (SSSR count). The summed E-state index contributed by atoms with van der Waals surface area (Å²) in [4.78, 5) is 23.9. The van der Waals surface area contributed by atoms with Crippen LogP contribution in [0.25, 0.3) is 0 Å². The highest BCUT2D eigenvalue weighted by Gasteiger charge is 2.26. The van der Waals surface area contributed by atoms with E-state index in [-0.39, 0.29) is 54.4 Å². The van der Waals surface area contributed by atoms with Crippen molar-refractivity contribution in [3.8, 4) is 0 Å². The van der Waals surface area contributed by atoms with E-state index in [1.807, 2.05) is 4.90 Å². The second-order valence-electron chi connectivity index (χ2n) is 7.35. The van der Waals surface area contributed by atoms with Gasteiger partial charge in [-0.3, -0.25) is 4.79 Å². The van der Waals surface area contributed by atoms with Crippen LogP contribution in [0.1, 0.15) is 19.3 Å². The monoisotopic (exact) mass is 520 g/mol. The van der Waals surface area contributed by atoms with Gasteiger partial charge in [-0.15, -0.1) is 24.0 Å². The Balaban J connectivity index is 0.00000300. The van der Waals surface area contributed by atoms with Gasteiger partial charge in [0.05, 0.1) is 6.10 Å². The molecule has 2 fully saturated rings. The maximum absolute atomic E-state index is 14.0. The molecule has 2 aliphatic rings. The van der Waals surface area contributed by atoms with Gasteiger partial charge in [0.25, 0.3) is 0 Å². The zero-order valence-corrected chi connectivity index (χ0v) is 19.3. The van der Waals surface area contributed by atoms with Gasteiger partial charge < -0.3 is 25.2 Å². The number of amides is 1. The van der Waals surface area contributed by atoms with Crippen molar-refractivity contribution >= 4 is 41.7 Å². The van der Waals surface area contributed by atoms with E-state index in [4.69, 9.17) is 4.74 Å². The van der Waals surface area contributed by atoms with E-state index in [0.717, 1.165) is 25.9 Å². The second kappa shape index (κ2) is 11.5. The number of carbonyl (C=O) groups is 1. The number of guanidine groups is 1. The molecule has 2 N–H and O–H groups in total. The van der Waals surface area contributed by atoms with Gasteiger partial charge in [0.15, 0.2) is 17.6 Å². The zero-order valence-electron chi connectivity index (χ0n) is 16.9. The van der Waals surface area contributed by atoms with Crippen molar-refractivity contribution in [3.63, 3.8) is 0 Å². The van der Waals surface area contributed by atoms with Crippen molar-refractivity contribution in [2.24, 2.45) is 4.99 Å². The number of halogens is 2. The van der Waals surface area contributed by atoms with Gasteiger partial charge >= 0.3 is 0 Å². The van der Waals surface area contributed by atoms with Gasteiger partial charge in [-0.2, -0.15) is 0 Å². The third-order valence-electron chi connectivity index (χ3n) is 4.96. The molecule has 10 heteroatoms. The molecule has 0 aliphatic carbocycles. The smallest absolute Gasteiger partial charge is 0.243 e. The largest absolute Gasteiger partial charge is 0.376 e. The Bertz CT molecular complexity index is 699. The van der Waals surface area contributed by atoms with E-state index in [2.05, 4.69) is 20.6 Å². The van der Waals surface area contributed by atoms with Gasteiger partial charge in [-0.1, -0.05) is 0 Å². The molecule has 0 bridgehead atoms. The molecule has 2 saturated heterocycles. The molecule has 1 aromatic heterocycles. The Morgan fingerprint density at radius 2 is 2.28 bits per heavy atom. The number of aromatic nitrogens is 1. The van der Waals surface area contributed by atoms with Crippen LogP contribution in [0.4, 0.5) is 10.2 Å². The first kappa shape index (κ1) is 23.6. The average molecular weight is 520 g/mol. The summed E-state index contributed by atoms with van der Waals surface area (Å²) in [6, 6.07) is 3.10. The van der Waals surface area contributed by atoms with Crippen molar-refractivity contribution in [2.45, 2.75) is 31.4 Å². The third kappa shape index (κ3) is 6.95. The Morgan fingerprint density at radius 1 is 1.45 bits per heavy atom. The summed E-state index contributed by atoms with van der Waals surface area (Å²) in [6.07, 6.45) is 4.69. The predicted molar refractivity (Wildman–Crippen MR) is 121 cm³/mol. The molecule has 8 nitrogen and oxygen atoms in total. The first-order chi connectivity index (χ1) is 13.5. The van der Waals surface area contributed by atoms with Crippen LogP contribution in [0, 0.1) is 5.82 Å². The van der Waals surface area contributed by atoms with Crippen LogP contribution in [0.2, 0.25) is 0 Å². The Labute approximate surface area is 188 Å². The molecule has 2 unspecified atom stereocenters. The lowest BCUT2D eigenvalue weighted by molar-refractivity contribution is -0.127. The molecule has 1 aromatic rings. The van der Waals surface area contributed by atoms with Gasteiger partial charge in [0.1, 0.15) is 6.54 Å². The molecule has 0 saturated carbocycles. The number of hydrogen-bond acceptors (Lipinski definition) is 5. The Morgan fingerprint density at radius 3 is 2.97 bits per heavy atom. The number of aliphatic imine (C=N–C) groups is 1. The normalized spacial score (nSPS) is 21.6. The van der Waals surface area contributed by atoms with Crippen LogP contribution in [0.5, 0.6) is 0 Å². The number of ether oxygens (including phenoxy) is 1. The summed E-state index contributed by atoms with van der Waals surface area (Å²) in [6.45, 7) is 2.84. The van der Waals surface area contributed by atoms with Crippen LogP contribution in [0.15, 0.2) is 23.3 Å². The van der Waals surface area contributed by atoms with E-state index in [0.29, 0.717) is 31.4 Å². The minimum Gasteiger partial charge on any atom is -0.376 e. The van der Waals surface area contributed by atoms with E-state index in [9.17, 15) is 9.18 Å². The number of likely N-dealkylation sites (N-methyl/N-ethyl adjacent to an activating group) is 1. The number of anilines is 1. The fourth-order valence-corrected chi connectivity index (χ4v) is 3.33. The lowest BCUT2D eigenvalue weighted by Crippen LogP contribution is -2.47. The maximum atomic E-state index is 14.0. The van der Waals surface area contributed by atoms with Crippen molar-refractivity contribution < 1.29 is 13.9 Å². The van der Waals surface area contributed by atoms with E-state index in [1.54, 1.807) is 26.4 Å². The van der Waals surface area contributed by atoms with Crippen molar-refractivity contribution in [3.05, 3.63) is 24.1 Å². The molecular formula is C19H30FIN6O2. The number of nitrogens with one attached hydrogen (secondary N) is 2. The summed E-state index contributed by atoms with van der Waals surface area (Å²) in [5, 5.41) is 6.66. The lowest BCUT2D eigenvalue weighted by atomic mass is 10.2. The van der Waals surface area contributed by atoms with E-state index < -0.39 is 0 Å². The standard InChI is InChI=1S/C19H29FN6O2.HI/c1-25(2)17(27)12-23-19(22-11-15-5-4-10-28-15)24-14-7-9-26(13-14)18-16(20)6-3-8-21-18;/h3,6,8,14-15H,4-5,7,9-13H2,1-2H3,(H2,22,23,24);1H. The molecule has 0 radical (unpaired) electrons. The number of rotatable bonds is 6. The molecule has 2 aliphatic heterocycles. The van der Waals surface area contributed by atoms with Crippen molar-refractivity contribution in [1.82, 2.24) is 20.5 Å². The second-order valence-corrected chi connectivity index (χ2v) is 7.35. The third-order valence-corrected chi connectivity index (χ3v) is 4.96. The van der Waals surface area contributed by atoms with Crippen LogP contribution in [0.3, 0.4) is 0 Å². The average Bonchev–Trinajstić information content (AvgIpc) is 3.36. The quantitative estimate of drug-likeness (QED) is 0.334. The predicted octanol–water partition coefficient (Wildman–Crippen LogP) is 1.22. The molecule has 0 spiro atoms. The van der Waals surface area contributed by atoms with Gasteiger partial charge in [0, 0.05) is 52.6 Å². The lowest BCUT2D eigenvalue weighted by Gasteiger charge is -2.21. The topological polar surface area (TPSA) is 82.1 Å². The summed E-state index contributed by atoms with van der Waals surface area (Å²) in [5.74, 6) is 0.575. The summed E-state index contributed by atoms with van der Waals surface area (Å²) in [5.41, 5.74) is 0. The molecule has 29 heavy (non-hydrogen) atoms. The van der Waals surface area contributed by atoms with Crippen LogP contribution < -0.4 is 15.5 Å².